The number of nitroso groups, excluding NO2 is 1. The maximum atomic E-state index is 9.95. The number of nitrogens with zero attached hydrogens (tertiary/aromatic N) is 2. The molecule has 0 aromatic rings. The van der Waals surface area contributed by atoms with Gasteiger partial charge in [-0.15, -0.1) is 4.91 Å². The lowest BCUT2D eigenvalue weighted by atomic mass is 10.8. The molecule has 0 spiro atoms. The lowest BCUT2D eigenvalue weighted by Gasteiger charge is -2.03. The Kier molecular flexibility index (Phi) is 2.53. The molecule has 0 fully saturated rings. The van der Waals surface area contributed by atoms with E-state index < -0.39 is 5.97 Å². The van der Waals surface area contributed by atoms with E-state index in [9.17, 15) is 9.70 Å². The monoisotopic (exact) mass is 118 g/mol. The zero-order valence-corrected chi connectivity index (χ0v) is 4.62. The van der Waals surface area contributed by atoms with Crippen LogP contribution in [0, 0.1) is 4.91 Å². The molecular weight excluding hydrogens is 112 g/mol. The fraction of sp³-hybridized carbons (Fsp3) is 0.667. The lowest BCUT2D eigenvalue weighted by Crippen LogP contribution is -2.14. The number of hydrogen-bond donors (Lipinski definition) is 0. The van der Waals surface area contributed by atoms with Crippen molar-refractivity contribution in [2.45, 2.75) is 6.92 Å². The van der Waals surface area contributed by atoms with Crippen molar-refractivity contribution in [3.63, 3.8) is 0 Å². The van der Waals surface area contributed by atoms with E-state index in [2.05, 4.69) is 10.1 Å². The number of carbonyl (C=O) groups is 1. The molecule has 0 radical (unpaired) electrons. The zero-order chi connectivity index (χ0) is 6.57. The van der Waals surface area contributed by atoms with E-state index in [1.165, 1.54) is 14.0 Å². The van der Waals surface area contributed by atoms with Crippen LogP contribution in [0.4, 0.5) is 0 Å². The molecule has 0 rings (SSSR count). The Hall–Kier alpha value is -1.13. The molecule has 0 bridgehead atoms. The van der Waals surface area contributed by atoms with Gasteiger partial charge in [-0.25, -0.2) is 4.79 Å². The molecule has 0 atom stereocenters. The molecule has 8 heavy (non-hydrogen) atoms. The minimum atomic E-state index is -0.563. The first-order valence-corrected chi connectivity index (χ1v) is 1.92. The highest BCUT2D eigenvalue weighted by Gasteiger charge is 1.95. The standard InChI is InChI=1S/C3H6N2O3/c1-3(6)8-5(2)4-7/h1-2H3. The average Bonchev–Trinajstić information content (AvgIpc) is 1.65. The van der Waals surface area contributed by atoms with E-state index in [4.69, 9.17) is 0 Å². The topological polar surface area (TPSA) is 59.0 Å². The molecule has 0 aliphatic carbocycles. The van der Waals surface area contributed by atoms with Gasteiger partial charge in [0.2, 0.25) is 0 Å². The quantitative estimate of drug-likeness (QED) is 0.380. The third-order valence-electron chi connectivity index (χ3n) is 0.376. The van der Waals surface area contributed by atoms with Crippen LogP contribution < -0.4 is 0 Å². The lowest BCUT2D eigenvalue weighted by molar-refractivity contribution is -0.181. The maximum absolute atomic E-state index is 9.95. The summed E-state index contributed by atoms with van der Waals surface area (Å²) in [5.41, 5.74) is 0. The van der Waals surface area contributed by atoms with E-state index in [1.807, 2.05) is 0 Å². The minimum Gasteiger partial charge on any atom is -0.322 e. The van der Waals surface area contributed by atoms with E-state index in [0.29, 0.717) is 5.17 Å². The fourth-order valence-electron chi connectivity index (χ4n) is 0.203. The highest BCUT2D eigenvalue weighted by Crippen LogP contribution is 1.83. The molecule has 0 aromatic carbocycles. The van der Waals surface area contributed by atoms with Gasteiger partial charge in [0.1, 0.15) is 0 Å². The first-order chi connectivity index (χ1) is 3.66. The Bertz CT molecular complexity index is 103. The Balaban J connectivity index is 3.38. The molecule has 0 aromatic heterocycles. The van der Waals surface area contributed by atoms with E-state index in [-0.39, 0.29) is 0 Å². The van der Waals surface area contributed by atoms with Crippen LogP contribution in [0.5, 0.6) is 0 Å². The molecule has 0 amide bonds. The predicted octanol–water partition coefficient (Wildman–Crippen LogP) is 0.0777. The summed E-state index contributed by atoms with van der Waals surface area (Å²) < 4.78 is 0. The van der Waals surface area contributed by atoms with Crippen molar-refractivity contribution in [2.75, 3.05) is 7.05 Å². The summed E-state index contributed by atoms with van der Waals surface area (Å²) in [6, 6.07) is 0. The molecule has 0 N–H and O–H groups in total. The van der Waals surface area contributed by atoms with Gasteiger partial charge in [0.25, 0.3) is 0 Å². The molecule has 46 valence electrons. The number of hydrogen-bond acceptors (Lipinski definition) is 4. The number of carbonyl (C=O) groups excluding carboxylic acids is 1. The van der Waals surface area contributed by atoms with Gasteiger partial charge in [-0.3, -0.25) is 0 Å². The van der Waals surface area contributed by atoms with Crippen LogP contribution in [-0.4, -0.2) is 18.2 Å². The summed E-state index contributed by atoms with van der Waals surface area (Å²) in [6.07, 6.45) is 0. The van der Waals surface area contributed by atoms with Gasteiger partial charge >= 0.3 is 5.97 Å². The third-order valence-corrected chi connectivity index (χ3v) is 0.376. The molecule has 5 heteroatoms. The Labute approximate surface area is 46.1 Å². The van der Waals surface area contributed by atoms with Crippen LogP contribution >= 0.6 is 0 Å². The molecule has 5 nitrogen and oxygen atoms in total. The Morgan fingerprint density at radius 2 is 2.25 bits per heavy atom. The van der Waals surface area contributed by atoms with Gasteiger partial charge in [-0.1, -0.05) is 5.17 Å². The van der Waals surface area contributed by atoms with Crippen molar-refractivity contribution < 1.29 is 9.63 Å². The zero-order valence-electron chi connectivity index (χ0n) is 4.62. The summed E-state index contributed by atoms with van der Waals surface area (Å²) in [5, 5.41) is 2.81. The van der Waals surface area contributed by atoms with Crippen molar-refractivity contribution in [2.24, 2.45) is 5.29 Å². The molecule has 0 saturated heterocycles. The van der Waals surface area contributed by atoms with E-state index >= 15 is 0 Å². The van der Waals surface area contributed by atoms with Crippen molar-refractivity contribution >= 4 is 5.97 Å². The van der Waals surface area contributed by atoms with Crippen LogP contribution in [-0.2, 0) is 9.63 Å². The van der Waals surface area contributed by atoms with Gasteiger partial charge in [0.15, 0.2) is 0 Å². The SMILES string of the molecule is CC(=O)ON(C)N=O. The van der Waals surface area contributed by atoms with Crippen LogP contribution in [0.1, 0.15) is 6.92 Å². The minimum absolute atomic E-state index is 0.544. The highest BCUT2D eigenvalue weighted by atomic mass is 16.7. The van der Waals surface area contributed by atoms with Crippen LogP contribution in [0.2, 0.25) is 0 Å². The van der Waals surface area contributed by atoms with Crippen molar-refractivity contribution in [1.82, 2.24) is 5.17 Å². The molecular formula is C3H6N2O3. The summed E-state index contributed by atoms with van der Waals surface area (Å²) >= 11 is 0. The fourth-order valence-corrected chi connectivity index (χ4v) is 0.203. The highest BCUT2D eigenvalue weighted by molar-refractivity contribution is 5.65. The Morgan fingerprint density at radius 3 is 2.38 bits per heavy atom. The molecule has 0 unspecified atom stereocenters. The number of rotatable bonds is 2. The normalized spacial score (nSPS) is 7.75. The second kappa shape index (κ2) is 2.95. The molecule has 0 saturated carbocycles. The molecule has 0 aliphatic heterocycles. The molecule has 0 heterocycles. The van der Waals surface area contributed by atoms with E-state index in [1.54, 1.807) is 0 Å². The summed E-state index contributed by atoms with van der Waals surface area (Å²) in [6.45, 7) is 1.18. The van der Waals surface area contributed by atoms with Crippen LogP contribution in [0.25, 0.3) is 0 Å². The van der Waals surface area contributed by atoms with Crippen molar-refractivity contribution in [1.29, 1.82) is 0 Å². The summed E-state index contributed by atoms with van der Waals surface area (Å²) in [5.74, 6) is -0.563. The summed E-state index contributed by atoms with van der Waals surface area (Å²) in [4.78, 5) is 23.5. The largest absolute Gasteiger partial charge is 0.331 e. The van der Waals surface area contributed by atoms with Crippen molar-refractivity contribution in [3.8, 4) is 0 Å². The predicted molar refractivity (Wildman–Crippen MR) is 25.3 cm³/mol. The van der Waals surface area contributed by atoms with Gasteiger partial charge < -0.3 is 4.84 Å². The van der Waals surface area contributed by atoms with Crippen LogP contribution in [0.3, 0.4) is 0 Å². The number of hydroxylamine groups is 1. The van der Waals surface area contributed by atoms with Gasteiger partial charge in [0.05, 0.1) is 12.3 Å². The molecule has 0 aliphatic rings. The van der Waals surface area contributed by atoms with Gasteiger partial charge in [0, 0.05) is 6.92 Å². The first-order valence-electron chi connectivity index (χ1n) is 1.92. The van der Waals surface area contributed by atoms with Gasteiger partial charge in [-0.2, -0.15) is 0 Å². The maximum Gasteiger partial charge on any atom is 0.331 e. The second-order valence-electron chi connectivity index (χ2n) is 1.13. The third kappa shape index (κ3) is 3.08. The van der Waals surface area contributed by atoms with Crippen molar-refractivity contribution in [3.05, 3.63) is 4.91 Å². The Morgan fingerprint density at radius 1 is 1.75 bits per heavy atom. The second-order valence-corrected chi connectivity index (χ2v) is 1.13. The van der Waals surface area contributed by atoms with Crippen LogP contribution in [0.15, 0.2) is 5.29 Å². The summed E-state index contributed by atoms with van der Waals surface area (Å²) in [7, 11) is 1.23. The van der Waals surface area contributed by atoms with E-state index in [0.717, 1.165) is 0 Å². The first kappa shape index (κ1) is 6.87. The van der Waals surface area contributed by atoms with Gasteiger partial charge in [-0.05, 0) is 0 Å². The smallest absolute Gasteiger partial charge is 0.322 e. The average molecular weight is 118 g/mol.